The molecule has 0 aromatic heterocycles. The normalized spacial score (nSPS) is 10.2. The highest BCUT2D eigenvalue weighted by Gasteiger charge is 2.14. The van der Waals surface area contributed by atoms with E-state index in [0.29, 0.717) is 5.56 Å². The predicted molar refractivity (Wildman–Crippen MR) is 82.9 cm³/mol. The smallest absolute Gasteiger partial charge is 0.274 e. The van der Waals surface area contributed by atoms with Crippen LogP contribution in [0.15, 0.2) is 42.5 Å². The topological polar surface area (TPSA) is 78.6 Å². The number of nitrogens with one attached hydrogen (secondary N) is 1. The van der Waals surface area contributed by atoms with Gasteiger partial charge in [0, 0.05) is 26.7 Å². The number of phenols is 1. The molecule has 0 aliphatic heterocycles. The molecule has 2 N–H and O–H groups in total. The summed E-state index contributed by atoms with van der Waals surface area (Å²) in [5, 5.41) is 23.7. The van der Waals surface area contributed by atoms with Gasteiger partial charge in [-0.1, -0.05) is 12.1 Å². The van der Waals surface area contributed by atoms with Gasteiger partial charge in [-0.05, 0) is 24.3 Å². The minimum atomic E-state index is -0.450. The molecular weight excluding hydrogens is 270 g/mol. The summed E-state index contributed by atoms with van der Waals surface area (Å²) in [5.74, 6) is 0.0123. The van der Waals surface area contributed by atoms with Crippen molar-refractivity contribution in [3.63, 3.8) is 0 Å². The van der Waals surface area contributed by atoms with E-state index in [2.05, 4.69) is 5.32 Å². The number of rotatable bonds is 5. The van der Waals surface area contributed by atoms with Crippen molar-refractivity contribution in [1.29, 1.82) is 0 Å². The molecule has 0 saturated carbocycles. The van der Waals surface area contributed by atoms with Gasteiger partial charge in [0.05, 0.1) is 21.9 Å². The van der Waals surface area contributed by atoms with Crippen molar-refractivity contribution in [1.82, 2.24) is 0 Å². The van der Waals surface area contributed by atoms with Gasteiger partial charge in [-0.3, -0.25) is 10.1 Å². The van der Waals surface area contributed by atoms with Crippen LogP contribution in [-0.4, -0.2) is 24.1 Å². The first-order valence-electron chi connectivity index (χ1n) is 6.45. The first-order valence-corrected chi connectivity index (χ1v) is 6.45. The Morgan fingerprint density at radius 3 is 2.62 bits per heavy atom. The highest BCUT2D eigenvalue weighted by Crippen LogP contribution is 2.27. The summed E-state index contributed by atoms with van der Waals surface area (Å²) in [6.07, 6.45) is 0. The quantitative estimate of drug-likeness (QED) is 0.653. The molecule has 6 heteroatoms. The second kappa shape index (κ2) is 6.13. The molecular formula is C15H17N3O3. The summed E-state index contributed by atoms with van der Waals surface area (Å²) in [4.78, 5) is 12.5. The first kappa shape index (κ1) is 14.6. The number of nitro benzene ring substituents is 1. The zero-order valence-electron chi connectivity index (χ0n) is 11.9. The van der Waals surface area contributed by atoms with E-state index in [1.54, 1.807) is 0 Å². The number of phenolic OH excluding ortho intramolecular Hbond substituents is 1. The van der Waals surface area contributed by atoms with Crippen LogP contribution in [-0.2, 0) is 6.54 Å². The maximum Gasteiger partial charge on any atom is 0.274 e. The lowest BCUT2D eigenvalue weighted by atomic mass is 10.1. The van der Waals surface area contributed by atoms with Crippen molar-refractivity contribution < 1.29 is 10.0 Å². The Hall–Kier alpha value is -2.76. The maximum atomic E-state index is 11.0. The van der Waals surface area contributed by atoms with E-state index in [1.165, 1.54) is 18.2 Å². The Balaban J connectivity index is 2.25. The Bertz CT molecular complexity index is 656. The fourth-order valence-electron chi connectivity index (χ4n) is 2.10. The van der Waals surface area contributed by atoms with E-state index in [-0.39, 0.29) is 18.0 Å². The molecule has 21 heavy (non-hydrogen) atoms. The number of benzene rings is 2. The lowest BCUT2D eigenvalue weighted by Gasteiger charge is -2.18. The Labute approximate surface area is 122 Å². The summed E-state index contributed by atoms with van der Waals surface area (Å²) in [6.45, 7) is 0.259. The van der Waals surface area contributed by atoms with Gasteiger partial charge in [0.25, 0.3) is 5.69 Å². The third kappa shape index (κ3) is 3.42. The standard InChI is InChI=1S/C15H17N3O3/c1-17(2)15-6-4-3-5-13(15)16-10-11-9-12(19)7-8-14(11)18(20)21/h3-9,16,19H,10H2,1-2H3. The van der Waals surface area contributed by atoms with Crippen molar-refractivity contribution in [2.75, 3.05) is 24.3 Å². The van der Waals surface area contributed by atoms with Crippen LogP contribution in [0.5, 0.6) is 5.75 Å². The van der Waals surface area contributed by atoms with E-state index >= 15 is 0 Å². The van der Waals surface area contributed by atoms with E-state index in [9.17, 15) is 15.2 Å². The van der Waals surface area contributed by atoms with Gasteiger partial charge in [0.2, 0.25) is 0 Å². The number of para-hydroxylation sites is 2. The van der Waals surface area contributed by atoms with E-state index in [1.807, 2.05) is 43.3 Å². The van der Waals surface area contributed by atoms with Crippen LogP contribution in [0.25, 0.3) is 0 Å². The van der Waals surface area contributed by atoms with Crippen molar-refractivity contribution in [2.24, 2.45) is 0 Å². The molecule has 0 radical (unpaired) electrons. The maximum absolute atomic E-state index is 11.0. The number of nitro groups is 1. The van der Waals surface area contributed by atoms with Crippen LogP contribution in [0.4, 0.5) is 17.1 Å². The molecule has 0 aliphatic rings. The third-order valence-electron chi connectivity index (χ3n) is 3.11. The molecule has 0 amide bonds. The molecule has 0 heterocycles. The second-order valence-electron chi connectivity index (χ2n) is 4.84. The average Bonchev–Trinajstić information content (AvgIpc) is 2.45. The summed E-state index contributed by atoms with van der Waals surface area (Å²) in [7, 11) is 3.86. The molecule has 0 spiro atoms. The number of hydrogen-bond acceptors (Lipinski definition) is 5. The Morgan fingerprint density at radius 2 is 1.95 bits per heavy atom. The van der Waals surface area contributed by atoms with Gasteiger partial charge >= 0.3 is 0 Å². The number of nitrogens with zero attached hydrogens (tertiary/aromatic N) is 2. The first-order chi connectivity index (χ1) is 9.99. The van der Waals surface area contributed by atoms with E-state index in [0.717, 1.165) is 11.4 Å². The van der Waals surface area contributed by atoms with Crippen LogP contribution >= 0.6 is 0 Å². The fourth-order valence-corrected chi connectivity index (χ4v) is 2.10. The Morgan fingerprint density at radius 1 is 1.24 bits per heavy atom. The van der Waals surface area contributed by atoms with E-state index < -0.39 is 4.92 Å². The summed E-state index contributed by atoms with van der Waals surface area (Å²) >= 11 is 0. The molecule has 0 fully saturated rings. The van der Waals surface area contributed by atoms with Gasteiger partial charge in [-0.2, -0.15) is 0 Å². The van der Waals surface area contributed by atoms with Crippen LogP contribution in [0.3, 0.4) is 0 Å². The van der Waals surface area contributed by atoms with Crippen molar-refractivity contribution in [3.8, 4) is 5.75 Å². The Kier molecular flexibility index (Phi) is 4.27. The van der Waals surface area contributed by atoms with Crippen LogP contribution < -0.4 is 10.2 Å². The molecule has 0 saturated heterocycles. The molecule has 2 aromatic rings. The molecule has 6 nitrogen and oxygen atoms in total. The molecule has 0 aliphatic carbocycles. The summed E-state index contributed by atoms with van der Waals surface area (Å²) in [6, 6.07) is 11.7. The van der Waals surface area contributed by atoms with Gasteiger partial charge in [0.15, 0.2) is 0 Å². The van der Waals surface area contributed by atoms with Crippen LogP contribution in [0.2, 0.25) is 0 Å². The number of anilines is 2. The highest BCUT2D eigenvalue weighted by atomic mass is 16.6. The zero-order valence-corrected chi connectivity index (χ0v) is 11.9. The molecule has 0 atom stereocenters. The minimum absolute atomic E-state index is 0.0114. The third-order valence-corrected chi connectivity index (χ3v) is 3.11. The predicted octanol–water partition coefficient (Wildman–Crippen LogP) is 2.98. The monoisotopic (exact) mass is 287 g/mol. The molecule has 2 rings (SSSR count). The van der Waals surface area contributed by atoms with Crippen LogP contribution in [0, 0.1) is 10.1 Å². The molecule has 2 aromatic carbocycles. The second-order valence-corrected chi connectivity index (χ2v) is 4.84. The van der Waals surface area contributed by atoms with Gasteiger partial charge in [-0.25, -0.2) is 0 Å². The molecule has 0 unspecified atom stereocenters. The van der Waals surface area contributed by atoms with Crippen molar-refractivity contribution in [3.05, 3.63) is 58.1 Å². The van der Waals surface area contributed by atoms with Gasteiger partial charge in [0.1, 0.15) is 5.75 Å². The zero-order chi connectivity index (χ0) is 15.4. The lowest BCUT2D eigenvalue weighted by molar-refractivity contribution is -0.385. The van der Waals surface area contributed by atoms with Crippen molar-refractivity contribution in [2.45, 2.75) is 6.54 Å². The minimum Gasteiger partial charge on any atom is -0.508 e. The SMILES string of the molecule is CN(C)c1ccccc1NCc1cc(O)ccc1[N+](=O)[O-]. The highest BCUT2D eigenvalue weighted by molar-refractivity contribution is 5.69. The van der Waals surface area contributed by atoms with Gasteiger partial charge < -0.3 is 15.3 Å². The number of aromatic hydroxyl groups is 1. The van der Waals surface area contributed by atoms with Crippen LogP contribution in [0.1, 0.15) is 5.56 Å². The molecule has 0 bridgehead atoms. The fraction of sp³-hybridized carbons (Fsp3) is 0.200. The summed E-state index contributed by atoms with van der Waals surface area (Å²) in [5.41, 5.74) is 2.29. The average molecular weight is 287 g/mol. The molecule has 110 valence electrons. The number of hydrogen-bond donors (Lipinski definition) is 2. The van der Waals surface area contributed by atoms with E-state index in [4.69, 9.17) is 0 Å². The summed E-state index contributed by atoms with van der Waals surface area (Å²) < 4.78 is 0. The van der Waals surface area contributed by atoms with Crippen molar-refractivity contribution >= 4 is 17.1 Å². The largest absolute Gasteiger partial charge is 0.508 e. The van der Waals surface area contributed by atoms with Gasteiger partial charge in [-0.15, -0.1) is 0 Å². The lowest BCUT2D eigenvalue weighted by Crippen LogP contribution is -2.12.